The average Bonchev–Trinajstić information content (AvgIpc) is 2.89. The van der Waals surface area contributed by atoms with E-state index in [1.165, 1.54) is 43.5 Å². The van der Waals surface area contributed by atoms with Gasteiger partial charge in [0.05, 0.1) is 20.1 Å². The van der Waals surface area contributed by atoms with Gasteiger partial charge in [-0.05, 0) is 77.9 Å². The maximum Gasteiger partial charge on any atom is 0.258 e. The number of rotatable bonds is 8. The third-order valence-electron chi connectivity index (χ3n) is 5.53. The van der Waals surface area contributed by atoms with E-state index in [0.29, 0.717) is 28.3 Å². The number of anilines is 2. The summed E-state index contributed by atoms with van der Waals surface area (Å²) in [6.07, 6.45) is 0.0585. The van der Waals surface area contributed by atoms with Crippen LogP contribution in [0.4, 0.5) is 20.2 Å². The summed E-state index contributed by atoms with van der Waals surface area (Å²) in [5.41, 5.74) is 2.93. The van der Waals surface area contributed by atoms with E-state index < -0.39 is 0 Å². The zero-order chi connectivity index (χ0) is 25.5. The van der Waals surface area contributed by atoms with Crippen LogP contribution in [0.2, 0.25) is 0 Å². The van der Waals surface area contributed by atoms with Gasteiger partial charge in [-0.25, -0.2) is 8.78 Å². The second-order valence-electron chi connectivity index (χ2n) is 8.15. The third kappa shape index (κ3) is 6.33. The lowest BCUT2D eigenvalue weighted by Crippen LogP contribution is -2.30. The lowest BCUT2D eigenvalue weighted by Gasteiger charge is -2.24. The van der Waals surface area contributed by atoms with Crippen LogP contribution in [-0.4, -0.2) is 18.9 Å². The summed E-state index contributed by atoms with van der Waals surface area (Å²) in [5, 5.41) is 2.74. The maximum atomic E-state index is 13.6. The minimum atomic E-state index is -0.386. The van der Waals surface area contributed by atoms with Crippen molar-refractivity contribution >= 4 is 23.2 Å². The van der Waals surface area contributed by atoms with Gasteiger partial charge < -0.3 is 15.0 Å². The number of benzene rings is 4. The highest BCUT2D eigenvalue weighted by Gasteiger charge is 2.20. The molecule has 0 bridgehead atoms. The van der Waals surface area contributed by atoms with Gasteiger partial charge in [0.1, 0.15) is 17.4 Å². The van der Waals surface area contributed by atoms with E-state index in [2.05, 4.69) is 5.32 Å². The lowest BCUT2D eigenvalue weighted by atomic mass is 10.1. The molecule has 0 aliphatic heterocycles. The lowest BCUT2D eigenvalue weighted by molar-refractivity contribution is -0.115. The monoisotopic (exact) mass is 486 g/mol. The second-order valence-corrected chi connectivity index (χ2v) is 8.15. The van der Waals surface area contributed by atoms with Crippen molar-refractivity contribution in [3.8, 4) is 5.75 Å². The number of carbonyl (C=O) groups excluding carboxylic acids is 2. The fourth-order valence-corrected chi connectivity index (χ4v) is 3.72. The highest BCUT2D eigenvalue weighted by Crippen LogP contribution is 2.24. The molecule has 0 saturated carbocycles. The number of carbonyl (C=O) groups is 2. The minimum absolute atomic E-state index is 0.0585. The van der Waals surface area contributed by atoms with E-state index in [1.807, 2.05) is 0 Å². The van der Waals surface area contributed by atoms with Crippen LogP contribution >= 0.6 is 0 Å². The number of methoxy groups -OCH3 is 1. The van der Waals surface area contributed by atoms with Crippen molar-refractivity contribution in [3.05, 3.63) is 125 Å². The summed E-state index contributed by atoms with van der Waals surface area (Å²) < 4.78 is 31.8. The van der Waals surface area contributed by atoms with E-state index >= 15 is 0 Å². The molecule has 5 nitrogen and oxygen atoms in total. The Morgan fingerprint density at radius 1 is 0.806 bits per heavy atom. The van der Waals surface area contributed by atoms with Crippen molar-refractivity contribution in [3.63, 3.8) is 0 Å². The molecular formula is C29H24F2N2O3. The zero-order valence-corrected chi connectivity index (χ0v) is 19.6. The summed E-state index contributed by atoms with van der Waals surface area (Å²) in [7, 11) is 1.53. The first-order valence-corrected chi connectivity index (χ1v) is 11.3. The fourth-order valence-electron chi connectivity index (χ4n) is 3.72. The molecule has 0 aliphatic carbocycles. The number of nitrogens with zero attached hydrogens (tertiary/aromatic N) is 1. The first kappa shape index (κ1) is 24.6. The average molecular weight is 487 g/mol. The number of nitrogens with one attached hydrogen (secondary N) is 1. The first-order valence-electron chi connectivity index (χ1n) is 11.3. The van der Waals surface area contributed by atoms with E-state index in [-0.39, 0.29) is 36.4 Å². The van der Waals surface area contributed by atoms with Gasteiger partial charge in [0.25, 0.3) is 5.91 Å². The molecule has 7 heteroatoms. The quantitative estimate of drug-likeness (QED) is 0.332. The Labute approximate surface area is 208 Å². The predicted octanol–water partition coefficient (Wildman–Crippen LogP) is 6.00. The van der Waals surface area contributed by atoms with E-state index in [9.17, 15) is 18.4 Å². The molecule has 0 heterocycles. The maximum absolute atomic E-state index is 13.6. The molecule has 36 heavy (non-hydrogen) atoms. The van der Waals surface area contributed by atoms with Gasteiger partial charge in [0.2, 0.25) is 5.91 Å². The Morgan fingerprint density at radius 2 is 1.47 bits per heavy atom. The number of halogens is 2. The van der Waals surface area contributed by atoms with Gasteiger partial charge >= 0.3 is 0 Å². The van der Waals surface area contributed by atoms with Gasteiger partial charge in [-0.2, -0.15) is 0 Å². The number of ether oxygens (including phenoxy) is 1. The van der Waals surface area contributed by atoms with Gasteiger partial charge in [-0.3, -0.25) is 9.59 Å². The first-order chi connectivity index (χ1) is 17.4. The molecule has 0 unspecified atom stereocenters. The molecule has 0 radical (unpaired) electrons. The Balaban J connectivity index is 1.60. The standard InChI is InChI=1S/C29H24F2N2O3/c1-36-27-7-3-5-22(18-27)29(35)33(19-20-8-10-23(30)11-9-20)26-6-2-4-21(16-26)17-28(34)32-25-14-12-24(31)13-15-25/h2-16,18H,17,19H2,1H3,(H,32,34). The summed E-state index contributed by atoms with van der Waals surface area (Å²) in [6.45, 7) is 0.196. The van der Waals surface area contributed by atoms with Crippen molar-refractivity contribution in [2.75, 3.05) is 17.3 Å². The molecular weight excluding hydrogens is 462 g/mol. The van der Waals surface area contributed by atoms with Crippen LogP contribution in [0.5, 0.6) is 5.75 Å². The van der Waals surface area contributed by atoms with E-state index in [1.54, 1.807) is 65.6 Å². The van der Waals surface area contributed by atoms with Crippen LogP contribution < -0.4 is 15.0 Å². The zero-order valence-electron chi connectivity index (χ0n) is 19.6. The second kappa shape index (κ2) is 11.3. The van der Waals surface area contributed by atoms with E-state index in [4.69, 9.17) is 4.74 Å². The van der Waals surface area contributed by atoms with E-state index in [0.717, 1.165) is 5.56 Å². The molecule has 4 rings (SSSR count). The molecule has 0 aliphatic rings. The Kier molecular flexibility index (Phi) is 7.70. The van der Waals surface area contributed by atoms with Crippen molar-refractivity contribution in [2.45, 2.75) is 13.0 Å². The van der Waals surface area contributed by atoms with Crippen LogP contribution in [0.1, 0.15) is 21.5 Å². The topological polar surface area (TPSA) is 58.6 Å². The van der Waals surface area contributed by atoms with Crippen LogP contribution in [0.3, 0.4) is 0 Å². The highest BCUT2D eigenvalue weighted by molar-refractivity contribution is 6.06. The summed E-state index contributed by atoms with van der Waals surface area (Å²) in [6, 6.07) is 25.4. The van der Waals surface area contributed by atoms with Crippen LogP contribution in [0.15, 0.2) is 97.1 Å². The molecule has 0 saturated heterocycles. The molecule has 4 aromatic rings. The fraction of sp³-hybridized carbons (Fsp3) is 0.103. The molecule has 1 N–H and O–H groups in total. The van der Waals surface area contributed by atoms with Crippen molar-refractivity contribution in [2.24, 2.45) is 0 Å². The van der Waals surface area contributed by atoms with Crippen molar-refractivity contribution in [1.82, 2.24) is 0 Å². The van der Waals surface area contributed by atoms with Gasteiger partial charge in [0.15, 0.2) is 0 Å². The molecule has 182 valence electrons. The smallest absolute Gasteiger partial charge is 0.258 e. The highest BCUT2D eigenvalue weighted by atomic mass is 19.1. The number of amides is 2. The van der Waals surface area contributed by atoms with Crippen LogP contribution in [-0.2, 0) is 17.8 Å². The SMILES string of the molecule is COc1cccc(C(=O)N(Cc2ccc(F)cc2)c2cccc(CC(=O)Nc3ccc(F)cc3)c2)c1. The molecule has 0 fully saturated rings. The molecule has 0 atom stereocenters. The molecule has 2 amide bonds. The predicted molar refractivity (Wildman–Crippen MR) is 135 cm³/mol. The normalized spacial score (nSPS) is 10.5. The van der Waals surface area contributed by atoms with Crippen molar-refractivity contribution < 1.29 is 23.1 Å². The van der Waals surface area contributed by atoms with Gasteiger partial charge in [0, 0.05) is 16.9 Å². The minimum Gasteiger partial charge on any atom is -0.497 e. The molecule has 0 spiro atoms. The Morgan fingerprint density at radius 3 is 2.17 bits per heavy atom. The molecule has 0 aromatic heterocycles. The number of hydrogen-bond donors (Lipinski definition) is 1. The van der Waals surface area contributed by atoms with Crippen LogP contribution in [0.25, 0.3) is 0 Å². The van der Waals surface area contributed by atoms with Crippen molar-refractivity contribution in [1.29, 1.82) is 0 Å². The number of hydrogen-bond acceptors (Lipinski definition) is 3. The Hall–Kier alpha value is -4.52. The Bertz CT molecular complexity index is 1360. The molecule has 4 aromatic carbocycles. The van der Waals surface area contributed by atoms with Crippen LogP contribution in [0, 0.1) is 11.6 Å². The largest absolute Gasteiger partial charge is 0.497 e. The third-order valence-corrected chi connectivity index (χ3v) is 5.53. The summed E-state index contributed by atoms with van der Waals surface area (Å²) >= 11 is 0. The summed E-state index contributed by atoms with van der Waals surface area (Å²) in [5.74, 6) is -0.746. The summed E-state index contributed by atoms with van der Waals surface area (Å²) in [4.78, 5) is 27.7. The van der Waals surface area contributed by atoms with Gasteiger partial charge in [-0.1, -0.05) is 30.3 Å². The van der Waals surface area contributed by atoms with Gasteiger partial charge in [-0.15, -0.1) is 0 Å².